The SMILES string of the molecule is CS(=O)(=O)NCc1nc(NC(=O)Nc2cccnc2C(=O)C2CCCC2)sc1Cl. The van der Waals surface area contributed by atoms with Gasteiger partial charge in [-0.05, 0) is 25.0 Å². The fourth-order valence-corrected chi connectivity index (χ4v) is 4.46. The Kier molecular flexibility index (Phi) is 6.83. The van der Waals surface area contributed by atoms with Crippen molar-refractivity contribution < 1.29 is 18.0 Å². The first-order valence-corrected chi connectivity index (χ1v) is 12.0. The molecule has 0 saturated heterocycles. The van der Waals surface area contributed by atoms with E-state index in [1.165, 1.54) is 6.20 Å². The second-order valence-corrected chi connectivity index (χ2v) is 10.1. The summed E-state index contributed by atoms with van der Waals surface area (Å²) in [7, 11) is -3.40. The zero-order valence-corrected chi connectivity index (χ0v) is 18.0. The minimum atomic E-state index is -3.40. The molecular weight excluding hydrogens is 438 g/mol. The number of carbonyl (C=O) groups is 2. The van der Waals surface area contributed by atoms with Crippen LogP contribution in [0.3, 0.4) is 0 Å². The molecule has 0 atom stereocenters. The van der Waals surface area contributed by atoms with Crippen LogP contribution in [-0.2, 0) is 16.6 Å². The van der Waals surface area contributed by atoms with Crippen molar-refractivity contribution in [2.24, 2.45) is 5.92 Å². The Morgan fingerprint density at radius 3 is 2.69 bits per heavy atom. The largest absolute Gasteiger partial charge is 0.325 e. The Hall–Kier alpha value is -2.08. The van der Waals surface area contributed by atoms with Gasteiger partial charge in [0.05, 0.1) is 24.2 Å². The smallest absolute Gasteiger partial charge is 0.305 e. The number of carbonyl (C=O) groups excluding carboxylic acids is 2. The fraction of sp³-hybridized carbons (Fsp3) is 0.412. The minimum Gasteiger partial charge on any atom is -0.305 e. The molecule has 29 heavy (non-hydrogen) atoms. The predicted molar refractivity (Wildman–Crippen MR) is 112 cm³/mol. The lowest BCUT2D eigenvalue weighted by atomic mass is 9.99. The molecule has 2 aromatic rings. The van der Waals surface area contributed by atoms with Crippen molar-refractivity contribution in [1.82, 2.24) is 14.7 Å². The maximum Gasteiger partial charge on any atom is 0.325 e. The minimum absolute atomic E-state index is 0.0591. The third-order valence-corrected chi connectivity index (χ3v) is 6.31. The molecule has 3 N–H and O–H groups in total. The first kappa shape index (κ1) is 21.6. The predicted octanol–water partition coefficient (Wildman–Crippen LogP) is 3.26. The maximum absolute atomic E-state index is 12.7. The summed E-state index contributed by atoms with van der Waals surface area (Å²) in [6, 6.07) is 2.65. The fourth-order valence-electron chi connectivity index (χ4n) is 3.03. The Morgan fingerprint density at radius 1 is 1.28 bits per heavy atom. The van der Waals surface area contributed by atoms with Crippen molar-refractivity contribution in [2.45, 2.75) is 32.2 Å². The zero-order valence-electron chi connectivity index (χ0n) is 15.6. The summed E-state index contributed by atoms with van der Waals surface area (Å²) >= 11 is 7.05. The number of hydrogen-bond donors (Lipinski definition) is 3. The molecule has 0 spiro atoms. The number of Topliss-reactive ketones (excluding diaryl/α,β-unsaturated/α-hetero) is 1. The monoisotopic (exact) mass is 457 g/mol. The highest BCUT2D eigenvalue weighted by molar-refractivity contribution is 7.88. The number of rotatable bonds is 7. The molecule has 1 saturated carbocycles. The molecule has 0 bridgehead atoms. The number of nitrogens with one attached hydrogen (secondary N) is 3. The Morgan fingerprint density at radius 2 is 2.00 bits per heavy atom. The molecule has 156 valence electrons. The van der Waals surface area contributed by atoms with Crippen LogP contribution < -0.4 is 15.4 Å². The van der Waals surface area contributed by atoms with Gasteiger partial charge in [-0.15, -0.1) is 0 Å². The number of anilines is 2. The average Bonchev–Trinajstić information content (AvgIpc) is 3.29. The lowest BCUT2D eigenvalue weighted by molar-refractivity contribution is 0.0918. The standard InChI is InChI=1S/C17H20ClN5O4S2/c1-29(26,27)20-9-12-15(18)28-17(22-12)23-16(25)21-11-7-4-8-19-13(11)14(24)10-5-2-3-6-10/h4,7-8,10,20H,2-3,5-6,9H2,1H3,(H2,21,22,23,25). The van der Waals surface area contributed by atoms with E-state index in [-0.39, 0.29) is 33.4 Å². The van der Waals surface area contributed by atoms with Crippen molar-refractivity contribution >= 4 is 55.6 Å². The molecule has 2 amide bonds. The van der Waals surface area contributed by atoms with Gasteiger partial charge in [0.2, 0.25) is 10.0 Å². The van der Waals surface area contributed by atoms with E-state index in [1.54, 1.807) is 12.1 Å². The normalized spacial score (nSPS) is 14.7. The van der Waals surface area contributed by atoms with Gasteiger partial charge in [0, 0.05) is 12.1 Å². The van der Waals surface area contributed by atoms with E-state index in [0.29, 0.717) is 11.4 Å². The van der Waals surface area contributed by atoms with Crippen LogP contribution in [0.2, 0.25) is 4.34 Å². The molecule has 0 aromatic carbocycles. The first-order valence-electron chi connectivity index (χ1n) is 8.90. The molecule has 2 aromatic heterocycles. The number of hydrogen-bond acceptors (Lipinski definition) is 7. The van der Waals surface area contributed by atoms with Gasteiger partial charge in [-0.3, -0.25) is 15.1 Å². The Bertz CT molecular complexity index is 1020. The van der Waals surface area contributed by atoms with Gasteiger partial charge in [0.15, 0.2) is 10.9 Å². The molecule has 2 heterocycles. The Labute approximate surface area is 177 Å². The molecule has 1 aliphatic carbocycles. The number of nitrogens with zero attached hydrogens (tertiary/aromatic N) is 2. The summed E-state index contributed by atoms with van der Waals surface area (Å²) in [5.74, 6) is -0.124. The van der Waals surface area contributed by atoms with Gasteiger partial charge in [0.1, 0.15) is 10.0 Å². The average molecular weight is 458 g/mol. The van der Waals surface area contributed by atoms with E-state index < -0.39 is 16.1 Å². The molecule has 0 radical (unpaired) electrons. The van der Waals surface area contributed by atoms with E-state index in [9.17, 15) is 18.0 Å². The maximum atomic E-state index is 12.7. The molecule has 1 aliphatic rings. The lowest BCUT2D eigenvalue weighted by Gasteiger charge is -2.12. The van der Waals surface area contributed by atoms with Gasteiger partial charge in [0.25, 0.3) is 0 Å². The van der Waals surface area contributed by atoms with Crippen molar-refractivity contribution in [1.29, 1.82) is 0 Å². The summed E-state index contributed by atoms with van der Waals surface area (Å²) in [5, 5.41) is 5.37. The molecule has 0 unspecified atom stereocenters. The van der Waals surface area contributed by atoms with Crippen LogP contribution in [0.25, 0.3) is 0 Å². The number of thiazole rings is 1. The number of halogens is 1. The molecule has 12 heteroatoms. The number of urea groups is 1. The molecular formula is C17H20ClN5O4S2. The van der Waals surface area contributed by atoms with Gasteiger partial charge in [-0.25, -0.2) is 22.9 Å². The third kappa shape index (κ3) is 5.95. The number of aromatic nitrogens is 2. The summed E-state index contributed by atoms with van der Waals surface area (Å²) in [6.07, 6.45) is 6.26. The molecule has 0 aliphatic heterocycles. The van der Waals surface area contributed by atoms with E-state index >= 15 is 0 Å². The van der Waals surface area contributed by atoms with Crippen LogP contribution in [0.5, 0.6) is 0 Å². The first-order chi connectivity index (χ1) is 13.7. The van der Waals surface area contributed by atoms with Gasteiger partial charge in [-0.2, -0.15) is 0 Å². The van der Waals surface area contributed by atoms with Crippen molar-refractivity contribution in [3.8, 4) is 0 Å². The second kappa shape index (κ2) is 9.16. The van der Waals surface area contributed by atoms with Crippen molar-refractivity contribution in [2.75, 3.05) is 16.9 Å². The van der Waals surface area contributed by atoms with Gasteiger partial charge < -0.3 is 5.32 Å². The van der Waals surface area contributed by atoms with Crippen molar-refractivity contribution in [3.05, 3.63) is 34.1 Å². The molecule has 3 rings (SSSR count). The number of pyridine rings is 1. The lowest BCUT2D eigenvalue weighted by Crippen LogP contribution is -2.23. The summed E-state index contributed by atoms with van der Waals surface area (Å²) in [4.78, 5) is 33.3. The van der Waals surface area contributed by atoms with E-state index in [4.69, 9.17) is 11.6 Å². The van der Waals surface area contributed by atoms with E-state index in [2.05, 4.69) is 25.3 Å². The highest BCUT2D eigenvalue weighted by atomic mass is 35.5. The van der Waals surface area contributed by atoms with Crippen LogP contribution in [-0.4, -0.2) is 36.5 Å². The van der Waals surface area contributed by atoms with Crippen LogP contribution >= 0.6 is 22.9 Å². The number of amides is 2. The van der Waals surface area contributed by atoms with Crippen LogP contribution in [0.15, 0.2) is 18.3 Å². The van der Waals surface area contributed by atoms with E-state index in [0.717, 1.165) is 43.3 Å². The highest BCUT2D eigenvalue weighted by Crippen LogP contribution is 2.30. The summed E-state index contributed by atoms with van der Waals surface area (Å²) < 4.78 is 24.9. The van der Waals surface area contributed by atoms with Crippen LogP contribution in [0.1, 0.15) is 41.9 Å². The number of ketones is 1. The zero-order chi connectivity index (χ0) is 21.0. The highest BCUT2D eigenvalue weighted by Gasteiger charge is 2.27. The molecule has 1 fully saturated rings. The van der Waals surface area contributed by atoms with E-state index in [1.807, 2.05) is 0 Å². The second-order valence-electron chi connectivity index (χ2n) is 6.66. The number of sulfonamides is 1. The third-order valence-electron chi connectivity index (χ3n) is 4.39. The summed E-state index contributed by atoms with van der Waals surface area (Å²) in [6.45, 7) is -0.0832. The van der Waals surface area contributed by atoms with Gasteiger partial charge in [-0.1, -0.05) is 35.8 Å². The van der Waals surface area contributed by atoms with Gasteiger partial charge >= 0.3 is 6.03 Å². The summed E-state index contributed by atoms with van der Waals surface area (Å²) in [5.41, 5.74) is 0.865. The van der Waals surface area contributed by atoms with Crippen LogP contribution in [0, 0.1) is 5.92 Å². The quantitative estimate of drug-likeness (QED) is 0.547. The van der Waals surface area contributed by atoms with Crippen molar-refractivity contribution in [3.63, 3.8) is 0 Å². The Balaban J connectivity index is 1.66. The topological polar surface area (TPSA) is 130 Å². The molecule has 9 nitrogen and oxygen atoms in total. The van der Waals surface area contributed by atoms with Crippen LogP contribution in [0.4, 0.5) is 15.6 Å².